The number of carbonyl (C=O) groups is 1. The predicted octanol–water partition coefficient (Wildman–Crippen LogP) is 6.32. The normalized spacial score (nSPS) is 10.7. The number of nitrogens with zero attached hydrogens (tertiary/aromatic N) is 1. The first-order chi connectivity index (χ1) is 12.9. The fourth-order valence-electron chi connectivity index (χ4n) is 2.62. The average Bonchev–Trinajstić information content (AvgIpc) is 2.63. The van der Waals surface area contributed by atoms with E-state index >= 15 is 0 Å². The molecule has 4 nitrogen and oxygen atoms in total. The van der Waals surface area contributed by atoms with Gasteiger partial charge in [-0.05, 0) is 61.4 Å². The van der Waals surface area contributed by atoms with E-state index in [0.717, 1.165) is 21.6 Å². The summed E-state index contributed by atoms with van der Waals surface area (Å²) in [5, 5.41) is 2.92. The Hall–Kier alpha value is -2.66. The van der Waals surface area contributed by atoms with Gasteiger partial charge in [-0.25, -0.2) is 0 Å². The Morgan fingerprint density at radius 2 is 1.78 bits per heavy atom. The molecule has 1 N–H and O–H groups in total. The van der Waals surface area contributed by atoms with Gasteiger partial charge in [-0.1, -0.05) is 35.8 Å². The molecule has 0 saturated carbocycles. The van der Waals surface area contributed by atoms with Gasteiger partial charge in [0.15, 0.2) is 0 Å². The number of hydrogen-bond acceptors (Lipinski definition) is 3. The molecule has 1 aromatic heterocycles. The Bertz CT molecular complexity index is 953. The highest BCUT2D eigenvalue weighted by Crippen LogP contribution is 2.26. The summed E-state index contributed by atoms with van der Waals surface area (Å²) >= 11 is 3.40. The number of nitrogens with one attached hydrogen (secondary N) is 1. The van der Waals surface area contributed by atoms with Crippen molar-refractivity contribution in [2.75, 3.05) is 5.32 Å². The third-order valence-electron chi connectivity index (χ3n) is 4.08. The molecule has 0 aliphatic rings. The van der Waals surface area contributed by atoms with Crippen LogP contribution in [0.2, 0.25) is 0 Å². The standard InChI is InChI=1S/C22H21BrN2O2/c1-14(2)21-12-11-20(15(3)24-21)22(26)25-17-5-4-6-19(13-17)27-18-9-7-16(23)8-10-18/h4-14H,1-3H3,(H,25,26). The predicted molar refractivity (Wildman–Crippen MR) is 112 cm³/mol. The van der Waals surface area contributed by atoms with Gasteiger partial charge in [-0.2, -0.15) is 0 Å². The topological polar surface area (TPSA) is 51.2 Å². The largest absolute Gasteiger partial charge is 0.457 e. The number of halogens is 1. The van der Waals surface area contributed by atoms with Gasteiger partial charge in [0.2, 0.25) is 0 Å². The minimum absolute atomic E-state index is 0.184. The second kappa shape index (κ2) is 8.35. The third kappa shape index (κ3) is 4.95. The van der Waals surface area contributed by atoms with Crippen LogP contribution in [0.25, 0.3) is 0 Å². The maximum atomic E-state index is 12.6. The molecule has 5 heteroatoms. The van der Waals surface area contributed by atoms with Crippen molar-refractivity contribution in [2.45, 2.75) is 26.7 Å². The van der Waals surface area contributed by atoms with Crippen molar-refractivity contribution in [1.82, 2.24) is 4.98 Å². The molecule has 3 rings (SSSR count). The molecule has 1 amide bonds. The number of ether oxygens (including phenoxy) is 1. The van der Waals surface area contributed by atoms with Crippen LogP contribution in [0.1, 0.15) is 41.5 Å². The monoisotopic (exact) mass is 424 g/mol. The lowest BCUT2D eigenvalue weighted by molar-refractivity contribution is 0.102. The summed E-state index contributed by atoms with van der Waals surface area (Å²) in [6.07, 6.45) is 0. The number of amides is 1. The second-order valence-corrected chi connectivity index (χ2v) is 7.48. The first-order valence-corrected chi connectivity index (χ1v) is 9.54. The second-order valence-electron chi connectivity index (χ2n) is 6.56. The molecule has 3 aromatic rings. The lowest BCUT2D eigenvalue weighted by Gasteiger charge is -2.11. The van der Waals surface area contributed by atoms with Crippen molar-refractivity contribution in [3.05, 3.63) is 82.1 Å². The van der Waals surface area contributed by atoms with Crippen molar-refractivity contribution in [2.24, 2.45) is 0 Å². The fourth-order valence-corrected chi connectivity index (χ4v) is 2.88. The molecule has 0 saturated heterocycles. The van der Waals surface area contributed by atoms with Crippen LogP contribution in [-0.2, 0) is 0 Å². The molecule has 0 unspecified atom stereocenters. The number of aromatic nitrogens is 1. The summed E-state index contributed by atoms with van der Waals surface area (Å²) in [6, 6.07) is 18.6. The molecule has 0 radical (unpaired) electrons. The molecule has 0 aliphatic heterocycles. The minimum Gasteiger partial charge on any atom is -0.457 e. The number of carbonyl (C=O) groups excluding carboxylic acids is 1. The molecular weight excluding hydrogens is 404 g/mol. The van der Waals surface area contributed by atoms with Gasteiger partial charge in [-0.3, -0.25) is 9.78 Å². The van der Waals surface area contributed by atoms with Gasteiger partial charge in [0.1, 0.15) is 11.5 Å². The number of benzene rings is 2. The van der Waals surface area contributed by atoms with E-state index in [1.165, 1.54) is 0 Å². The molecule has 0 atom stereocenters. The smallest absolute Gasteiger partial charge is 0.257 e. The van der Waals surface area contributed by atoms with Crippen molar-refractivity contribution in [3.8, 4) is 11.5 Å². The Morgan fingerprint density at radius 3 is 2.44 bits per heavy atom. The van der Waals surface area contributed by atoms with Crippen LogP contribution in [0.3, 0.4) is 0 Å². The molecule has 0 fully saturated rings. The van der Waals surface area contributed by atoms with Crippen LogP contribution in [0.15, 0.2) is 65.1 Å². The number of hydrogen-bond donors (Lipinski definition) is 1. The summed E-state index contributed by atoms with van der Waals surface area (Å²) < 4.78 is 6.83. The first kappa shape index (κ1) is 19.1. The van der Waals surface area contributed by atoms with Crippen LogP contribution >= 0.6 is 15.9 Å². The summed E-state index contributed by atoms with van der Waals surface area (Å²) in [5.74, 6) is 1.52. The van der Waals surface area contributed by atoms with Gasteiger partial charge in [-0.15, -0.1) is 0 Å². The van der Waals surface area contributed by atoms with Gasteiger partial charge in [0, 0.05) is 21.9 Å². The van der Waals surface area contributed by atoms with E-state index in [1.54, 1.807) is 6.07 Å². The highest BCUT2D eigenvalue weighted by molar-refractivity contribution is 9.10. The van der Waals surface area contributed by atoms with Gasteiger partial charge >= 0.3 is 0 Å². The zero-order valence-electron chi connectivity index (χ0n) is 15.5. The van der Waals surface area contributed by atoms with Crippen LogP contribution in [-0.4, -0.2) is 10.9 Å². The van der Waals surface area contributed by atoms with Gasteiger partial charge < -0.3 is 10.1 Å². The van der Waals surface area contributed by atoms with Crippen molar-refractivity contribution in [1.29, 1.82) is 0 Å². The van der Waals surface area contributed by atoms with E-state index in [0.29, 0.717) is 22.9 Å². The zero-order valence-corrected chi connectivity index (χ0v) is 17.1. The van der Waals surface area contributed by atoms with Crippen LogP contribution in [0.4, 0.5) is 5.69 Å². The minimum atomic E-state index is -0.184. The van der Waals surface area contributed by atoms with E-state index in [4.69, 9.17) is 4.74 Å². The summed E-state index contributed by atoms with van der Waals surface area (Å²) in [4.78, 5) is 17.2. The third-order valence-corrected chi connectivity index (χ3v) is 4.61. The Balaban J connectivity index is 1.74. The molecule has 1 heterocycles. The van der Waals surface area contributed by atoms with Gasteiger partial charge in [0.05, 0.1) is 11.3 Å². The average molecular weight is 425 g/mol. The molecule has 0 spiro atoms. The van der Waals surface area contributed by atoms with Crippen LogP contribution in [0, 0.1) is 6.92 Å². The van der Waals surface area contributed by atoms with Crippen LogP contribution < -0.4 is 10.1 Å². The number of pyridine rings is 1. The quantitative estimate of drug-likeness (QED) is 0.521. The number of rotatable bonds is 5. The maximum Gasteiger partial charge on any atom is 0.257 e. The van der Waals surface area contributed by atoms with E-state index in [-0.39, 0.29) is 5.91 Å². The molecule has 0 bridgehead atoms. The Labute approximate surface area is 167 Å². The fraction of sp³-hybridized carbons (Fsp3) is 0.182. The van der Waals surface area contributed by atoms with Crippen molar-refractivity contribution < 1.29 is 9.53 Å². The van der Waals surface area contributed by atoms with Gasteiger partial charge in [0.25, 0.3) is 5.91 Å². The highest BCUT2D eigenvalue weighted by Gasteiger charge is 2.12. The molecule has 0 aliphatic carbocycles. The number of aryl methyl sites for hydroxylation is 1. The van der Waals surface area contributed by atoms with E-state index in [1.807, 2.05) is 61.5 Å². The van der Waals surface area contributed by atoms with Crippen molar-refractivity contribution >= 4 is 27.5 Å². The van der Waals surface area contributed by atoms with E-state index < -0.39 is 0 Å². The lowest BCUT2D eigenvalue weighted by Crippen LogP contribution is -2.14. The molecule has 138 valence electrons. The SMILES string of the molecule is Cc1nc(C(C)C)ccc1C(=O)Nc1cccc(Oc2ccc(Br)cc2)c1. The summed E-state index contributed by atoms with van der Waals surface area (Å²) in [7, 11) is 0. The first-order valence-electron chi connectivity index (χ1n) is 8.75. The summed E-state index contributed by atoms with van der Waals surface area (Å²) in [5.41, 5.74) is 2.94. The van der Waals surface area contributed by atoms with Crippen LogP contribution in [0.5, 0.6) is 11.5 Å². The Morgan fingerprint density at radius 1 is 1.04 bits per heavy atom. The molecule has 2 aromatic carbocycles. The number of anilines is 1. The lowest BCUT2D eigenvalue weighted by atomic mass is 10.1. The van der Waals surface area contributed by atoms with E-state index in [2.05, 4.69) is 40.1 Å². The zero-order chi connectivity index (χ0) is 19.4. The molecule has 27 heavy (non-hydrogen) atoms. The molecular formula is C22H21BrN2O2. The maximum absolute atomic E-state index is 12.6. The highest BCUT2D eigenvalue weighted by atomic mass is 79.9. The summed E-state index contributed by atoms with van der Waals surface area (Å²) in [6.45, 7) is 6.02. The van der Waals surface area contributed by atoms with E-state index in [9.17, 15) is 4.79 Å². The Kier molecular flexibility index (Phi) is 5.91. The van der Waals surface area contributed by atoms with Crippen molar-refractivity contribution in [3.63, 3.8) is 0 Å².